The van der Waals surface area contributed by atoms with Gasteiger partial charge in [0, 0.05) is 17.2 Å². The molecule has 2 rings (SSSR count). The smallest absolute Gasteiger partial charge is 0.0819 e. The number of halogens is 2. The molecule has 0 unspecified atom stereocenters. The van der Waals surface area contributed by atoms with Crippen LogP contribution in [0.15, 0.2) is 28.9 Å². The number of rotatable bonds is 3. The molecule has 0 fully saturated rings. The van der Waals surface area contributed by atoms with Gasteiger partial charge in [0.25, 0.3) is 0 Å². The Labute approximate surface area is 114 Å². The summed E-state index contributed by atoms with van der Waals surface area (Å²) in [6.07, 6.45) is 1.81. The number of benzene rings is 1. The first-order chi connectivity index (χ1) is 8.11. The van der Waals surface area contributed by atoms with Crippen molar-refractivity contribution >= 4 is 27.5 Å². The van der Waals surface area contributed by atoms with E-state index in [9.17, 15) is 0 Å². The quantitative estimate of drug-likeness (QED) is 0.942. The van der Waals surface area contributed by atoms with Crippen molar-refractivity contribution in [2.45, 2.75) is 13.5 Å². The first kappa shape index (κ1) is 12.6. The molecule has 1 aromatic carbocycles. The maximum atomic E-state index is 6.00. The van der Waals surface area contributed by atoms with Gasteiger partial charge in [-0.15, -0.1) is 0 Å². The SMILES string of the molecule is CNCc1ccc(-n2cc(Cl)c(C)n2)c(Br)c1. The summed E-state index contributed by atoms with van der Waals surface area (Å²) in [6, 6.07) is 6.18. The molecule has 1 heterocycles. The molecule has 0 bridgehead atoms. The van der Waals surface area contributed by atoms with Crippen molar-refractivity contribution in [1.29, 1.82) is 0 Å². The van der Waals surface area contributed by atoms with Gasteiger partial charge in [-0.05, 0) is 47.6 Å². The molecule has 17 heavy (non-hydrogen) atoms. The van der Waals surface area contributed by atoms with Crippen LogP contribution in [0.4, 0.5) is 0 Å². The lowest BCUT2D eigenvalue weighted by Gasteiger charge is -2.07. The van der Waals surface area contributed by atoms with E-state index in [-0.39, 0.29) is 0 Å². The van der Waals surface area contributed by atoms with Crippen LogP contribution in [0.25, 0.3) is 5.69 Å². The molecular weight excluding hydrogens is 302 g/mol. The summed E-state index contributed by atoms with van der Waals surface area (Å²) in [7, 11) is 1.93. The van der Waals surface area contributed by atoms with Crippen LogP contribution < -0.4 is 5.32 Å². The van der Waals surface area contributed by atoms with Crippen molar-refractivity contribution < 1.29 is 0 Å². The monoisotopic (exact) mass is 313 g/mol. The van der Waals surface area contributed by atoms with E-state index in [2.05, 4.69) is 38.5 Å². The Morgan fingerprint density at radius 3 is 2.76 bits per heavy atom. The predicted octanol–water partition coefficient (Wildman–Crippen LogP) is 3.32. The third-order valence-corrected chi connectivity index (χ3v) is 3.49. The van der Waals surface area contributed by atoms with Crippen LogP contribution in [0.5, 0.6) is 0 Å². The van der Waals surface area contributed by atoms with E-state index < -0.39 is 0 Å². The minimum absolute atomic E-state index is 0.677. The molecule has 0 radical (unpaired) electrons. The van der Waals surface area contributed by atoms with E-state index in [1.54, 1.807) is 4.68 Å². The molecule has 0 atom stereocenters. The zero-order chi connectivity index (χ0) is 12.4. The molecule has 5 heteroatoms. The first-order valence-corrected chi connectivity index (χ1v) is 6.44. The van der Waals surface area contributed by atoms with Gasteiger partial charge in [-0.25, -0.2) is 4.68 Å². The Balaban J connectivity index is 2.39. The van der Waals surface area contributed by atoms with Crippen LogP contribution in [0, 0.1) is 6.92 Å². The molecule has 2 aromatic rings. The second-order valence-electron chi connectivity index (χ2n) is 3.82. The summed E-state index contributed by atoms with van der Waals surface area (Å²) in [5.74, 6) is 0. The van der Waals surface area contributed by atoms with Crippen LogP contribution >= 0.6 is 27.5 Å². The van der Waals surface area contributed by atoms with Gasteiger partial charge in [0.1, 0.15) is 0 Å². The van der Waals surface area contributed by atoms with Gasteiger partial charge in [-0.3, -0.25) is 0 Å². The Kier molecular flexibility index (Phi) is 3.86. The van der Waals surface area contributed by atoms with Gasteiger partial charge >= 0.3 is 0 Å². The summed E-state index contributed by atoms with van der Waals surface area (Å²) >= 11 is 9.56. The minimum Gasteiger partial charge on any atom is -0.316 e. The summed E-state index contributed by atoms with van der Waals surface area (Å²) in [4.78, 5) is 0. The molecule has 0 aliphatic rings. The van der Waals surface area contributed by atoms with E-state index in [1.165, 1.54) is 5.56 Å². The molecular formula is C12H13BrClN3. The molecule has 90 valence electrons. The molecule has 0 aliphatic carbocycles. The summed E-state index contributed by atoms with van der Waals surface area (Å²) in [5.41, 5.74) is 3.04. The van der Waals surface area contributed by atoms with E-state index >= 15 is 0 Å². The lowest BCUT2D eigenvalue weighted by atomic mass is 10.2. The maximum absolute atomic E-state index is 6.00. The van der Waals surface area contributed by atoms with Crippen LogP contribution in [0.1, 0.15) is 11.3 Å². The Hall–Kier alpha value is -0.840. The number of nitrogens with zero attached hydrogens (tertiary/aromatic N) is 2. The standard InChI is InChI=1S/C12H13BrClN3/c1-8-11(14)7-17(16-8)12-4-3-9(6-15-2)5-10(12)13/h3-5,7,15H,6H2,1-2H3. The largest absolute Gasteiger partial charge is 0.316 e. The van der Waals surface area contributed by atoms with Crippen LogP contribution in [-0.4, -0.2) is 16.8 Å². The van der Waals surface area contributed by atoms with Gasteiger partial charge in [0.2, 0.25) is 0 Å². The number of hydrogen-bond donors (Lipinski definition) is 1. The Morgan fingerprint density at radius 1 is 1.47 bits per heavy atom. The fourth-order valence-electron chi connectivity index (χ4n) is 1.61. The van der Waals surface area contributed by atoms with Crippen LogP contribution in [0.3, 0.4) is 0 Å². The van der Waals surface area contributed by atoms with Gasteiger partial charge < -0.3 is 5.32 Å². The average Bonchev–Trinajstić information content (AvgIpc) is 2.59. The second kappa shape index (κ2) is 5.21. The fraction of sp³-hybridized carbons (Fsp3) is 0.250. The normalized spacial score (nSPS) is 10.8. The van der Waals surface area contributed by atoms with Crippen molar-refractivity contribution in [2.24, 2.45) is 0 Å². The lowest BCUT2D eigenvalue weighted by Crippen LogP contribution is -2.05. The van der Waals surface area contributed by atoms with E-state index in [0.717, 1.165) is 22.4 Å². The minimum atomic E-state index is 0.677. The molecule has 0 aliphatic heterocycles. The van der Waals surface area contributed by atoms with Crippen molar-refractivity contribution in [1.82, 2.24) is 15.1 Å². The lowest BCUT2D eigenvalue weighted by molar-refractivity contribution is 0.812. The molecule has 0 amide bonds. The van der Waals surface area contributed by atoms with Crippen molar-refractivity contribution in [3.05, 3.63) is 45.1 Å². The number of hydrogen-bond acceptors (Lipinski definition) is 2. The van der Waals surface area contributed by atoms with E-state index in [1.807, 2.05) is 26.2 Å². The predicted molar refractivity (Wildman–Crippen MR) is 73.8 cm³/mol. The van der Waals surface area contributed by atoms with E-state index in [4.69, 9.17) is 11.6 Å². The van der Waals surface area contributed by atoms with Gasteiger partial charge in [-0.2, -0.15) is 5.10 Å². The van der Waals surface area contributed by atoms with Crippen molar-refractivity contribution in [3.63, 3.8) is 0 Å². The summed E-state index contributed by atoms with van der Waals surface area (Å²) in [5, 5.41) is 8.15. The topological polar surface area (TPSA) is 29.9 Å². The third-order valence-electron chi connectivity index (χ3n) is 2.48. The highest BCUT2D eigenvalue weighted by molar-refractivity contribution is 9.10. The number of aryl methyl sites for hydroxylation is 1. The number of nitrogens with one attached hydrogen (secondary N) is 1. The van der Waals surface area contributed by atoms with Crippen molar-refractivity contribution in [3.8, 4) is 5.69 Å². The van der Waals surface area contributed by atoms with Gasteiger partial charge in [-0.1, -0.05) is 17.7 Å². The highest BCUT2D eigenvalue weighted by Crippen LogP contribution is 2.24. The molecule has 0 spiro atoms. The van der Waals surface area contributed by atoms with Crippen molar-refractivity contribution in [2.75, 3.05) is 7.05 Å². The molecule has 1 aromatic heterocycles. The third kappa shape index (κ3) is 2.70. The fourth-order valence-corrected chi connectivity index (χ4v) is 2.35. The molecule has 0 saturated carbocycles. The number of aromatic nitrogens is 2. The van der Waals surface area contributed by atoms with Crippen LogP contribution in [-0.2, 0) is 6.54 Å². The molecule has 0 saturated heterocycles. The highest BCUT2D eigenvalue weighted by Gasteiger charge is 2.07. The summed E-state index contributed by atoms with van der Waals surface area (Å²) in [6.45, 7) is 2.74. The van der Waals surface area contributed by atoms with Gasteiger partial charge in [0.15, 0.2) is 0 Å². The highest BCUT2D eigenvalue weighted by atomic mass is 79.9. The zero-order valence-corrected chi connectivity index (χ0v) is 12.0. The molecule has 1 N–H and O–H groups in total. The Bertz CT molecular complexity index is 517. The Morgan fingerprint density at radius 2 is 2.24 bits per heavy atom. The van der Waals surface area contributed by atoms with Crippen LogP contribution in [0.2, 0.25) is 5.02 Å². The zero-order valence-electron chi connectivity index (χ0n) is 9.67. The summed E-state index contributed by atoms with van der Waals surface area (Å²) < 4.78 is 2.79. The van der Waals surface area contributed by atoms with E-state index in [0.29, 0.717) is 5.02 Å². The van der Waals surface area contributed by atoms with Gasteiger partial charge in [0.05, 0.1) is 16.4 Å². The average molecular weight is 315 g/mol. The second-order valence-corrected chi connectivity index (χ2v) is 5.08. The first-order valence-electron chi connectivity index (χ1n) is 5.27. The molecule has 3 nitrogen and oxygen atoms in total. The maximum Gasteiger partial charge on any atom is 0.0819 e.